The standard InChI is InChI=1S/C30H28BrFN2O6/c1-3-5-14-39-22-12-10-21(11-13-22)34-29(36)23(28(35)33-30(34)37)15-19-16-24(31)27(26(17-19)38-4-2)40-18-20-8-6-7-9-25(20)32/h6-13,15-17H,3-5,14,18H2,1-2H3,(H,33,35,37)/b23-15-. The van der Waals surface area contributed by atoms with Crippen LogP contribution >= 0.6 is 15.9 Å². The Labute approximate surface area is 239 Å². The van der Waals surface area contributed by atoms with Crippen molar-refractivity contribution in [1.82, 2.24) is 5.32 Å². The van der Waals surface area contributed by atoms with Gasteiger partial charge in [-0.3, -0.25) is 14.9 Å². The van der Waals surface area contributed by atoms with Crippen LogP contribution in [0, 0.1) is 5.82 Å². The molecule has 0 spiro atoms. The molecule has 1 saturated heterocycles. The minimum absolute atomic E-state index is 0.0355. The number of nitrogens with one attached hydrogen (secondary N) is 1. The van der Waals surface area contributed by atoms with Crippen LogP contribution in [-0.2, 0) is 16.2 Å². The van der Waals surface area contributed by atoms with Gasteiger partial charge in [-0.15, -0.1) is 0 Å². The van der Waals surface area contributed by atoms with Crippen LogP contribution in [0.5, 0.6) is 17.2 Å². The molecule has 0 bridgehead atoms. The SMILES string of the molecule is CCCCOc1ccc(N2C(=O)NC(=O)/C(=C/c3cc(Br)c(OCc4ccccc4F)c(OCC)c3)C2=O)cc1. The van der Waals surface area contributed by atoms with Crippen molar-refractivity contribution in [2.24, 2.45) is 0 Å². The Morgan fingerprint density at radius 1 is 0.975 bits per heavy atom. The maximum Gasteiger partial charge on any atom is 0.335 e. The second-order valence-electron chi connectivity index (χ2n) is 8.80. The van der Waals surface area contributed by atoms with E-state index in [1.54, 1.807) is 61.5 Å². The van der Waals surface area contributed by atoms with Crippen LogP contribution in [0.1, 0.15) is 37.8 Å². The van der Waals surface area contributed by atoms with E-state index >= 15 is 0 Å². The van der Waals surface area contributed by atoms with Crippen molar-refractivity contribution in [1.29, 1.82) is 0 Å². The molecule has 208 valence electrons. The maximum absolute atomic E-state index is 14.1. The number of anilines is 1. The van der Waals surface area contributed by atoms with Gasteiger partial charge < -0.3 is 14.2 Å². The first-order valence-electron chi connectivity index (χ1n) is 12.8. The third-order valence-corrected chi connectivity index (χ3v) is 6.52. The zero-order valence-corrected chi connectivity index (χ0v) is 23.6. The van der Waals surface area contributed by atoms with Crippen LogP contribution in [-0.4, -0.2) is 31.1 Å². The van der Waals surface area contributed by atoms with Gasteiger partial charge in [0.05, 0.1) is 23.4 Å². The van der Waals surface area contributed by atoms with Gasteiger partial charge in [-0.1, -0.05) is 31.5 Å². The number of hydrogen-bond donors (Lipinski definition) is 1. The van der Waals surface area contributed by atoms with E-state index in [9.17, 15) is 18.8 Å². The fraction of sp³-hybridized carbons (Fsp3) is 0.233. The van der Waals surface area contributed by atoms with E-state index in [1.807, 2.05) is 0 Å². The van der Waals surface area contributed by atoms with Crippen molar-refractivity contribution < 1.29 is 33.0 Å². The van der Waals surface area contributed by atoms with Gasteiger partial charge in [0.2, 0.25) is 0 Å². The van der Waals surface area contributed by atoms with Crippen LogP contribution in [0.25, 0.3) is 6.08 Å². The number of rotatable bonds is 11. The Kier molecular flexibility index (Phi) is 9.55. The van der Waals surface area contributed by atoms with Crippen molar-refractivity contribution in [3.8, 4) is 17.2 Å². The molecule has 1 heterocycles. The molecular formula is C30H28BrFN2O6. The zero-order chi connectivity index (χ0) is 28.6. The van der Waals surface area contributed by atoms with E-state index < -0.39 is 23.7 Å². The molecule has 1 aliphatic heterocycles. The molecule has 0 atom stereocenters. The number of carbonyl (C=O) groups is 3. The number of barbiturate groups is 1. The van der Waals surface area contributed by atoms with Gasteiger partial charge in [0.1, 0.15) is 23.7 Å². The minimum atomic E-state index is -0.847. The molecule has 0 aliphatic carbocycles. The molecule has 4 amide bonds. The summed E-state index contributed by atoms with van der Waals surface area (Å²) in [6.45, 7) is 4.69. The number of nitrogens with zero attached hydrogens (tertiary/aromatic N) is 1. The summed E-state index contributed by atoms with van der Waals surface area (Å²) in [7, 11) is 0. The van der Waals surface area contributed by atoms with Gasteiger partial charge >= 0.3 is 6.03 Å². The van der Waals surface area contributed by atoms with Crippen molar-refractivity contribution in [3.05, 3.63) is 87.7 Å². The number of imide groups is 2. The summed E-state index contributed by atoms with van der Waals surface area (Å²) in [5.41, 5.74) is 0.868. The third kappa shape index (κ3) is 6.69. The molecule has 3 aromatic carbocycles. The van der Waals surface area contributed by atoms with Gasteiger partial charge in [0, 0.05) is 5.56 Å². The number of hydrogen-bond acceptors (Lipinski definition) is 6. The second kappa shape index (κ2) is 13.3. The van der Waals surface area contributed by atoms with Crippen molar-refractivity contribution in [2.45, 2.75) is 33.3 Å². The minimum Gasteiger partial charge on any atom is -0.494 e. The lowest BCUT2D eigenvalue weighted by molar-refractivity contribution is -0.122. The topological polar surface area (TPSA) is 94.2 Å². The summed E-state index contributed by atoms with van der Waals surface area (Å²) in [5, 5.41) is 2.22. The van der Waals surface area contributed by atoms with Crippen LogP contribution in [0.15, 0.2) is 70.7 Å². The Hall–Kier alpha value is -4.18. The first-order chi connectivity index (χ1) is 19.3. The van der Waals surface area contributed by atoms with Crippen molar-refractivity contribution in [2.75, 3.05) is 18.1 Å². The van der Waals surface area contributed by atoms with Crippen LogP contribution in [0.4, 0.5) is 14.9 Å². The zero-order valence-electron chi connectivity index (χ0n) is 22.0. The van der Waals surface area contributed by atoms with Gasteiger partial charge in [-0.2, -0.15) is 0 Å². The van der Waals surface area contributed by atoms with E-state index in [1.165, 1.54) is 12.1 Å². The monoisotopic (exact) mass is 610 g/mol. The normalized spacial score (nSPS) is 14.3. The molecule has 10 heteroatoms. The number of ether oxygens (including phenoxy) is 3. The first kappa shape index (κ1) is 28.8. The number of amides is 4. The molecule has 40 heavy (non-hydrogen) atoms. The summed E-state index contributed by atoms with van der Waals surface area (Å²) < 4.78 is 31.8. The highest BCUT2D eigenvalue weighted by Gasteiger charge is 2.37. The van der Waals surface area contributed by atoms with E-state index in [0.29, 0.717) is 46.1 Å². The number of benzene rings is 3. The fourth-order valence-corrected chi connectivity index (χ4v) is 4.50. The van der Waals surface area contributed by atoms with Gasteiger partial charge in [0.15, 0.2) is 11.5 Å². The Bertz CT molecular complexity index is 1440. The van der Waals surface area contributed by atoms with E-state index in [-0.39, 0.29) is 17.9 Å². The second-order valence-corrected chi connectivity index (χ2v) is 9.65. The first-order valence-corrected chi connectivity index (χ1v) is 13.6. The molecule has 1 fully saturated rings. The molecule has 0 saturated carbocycles. The van der Waals surface area contributed by atoms with E-state index in [2.05, 4.69) is 28.2 Å². The summed E-state index contributed by atoms with van der Waals surface area (Å²) in [6, 6.07) is 15.2. The largest absolute Gasteiger partial charge is 0.494 e. The molecule has 1 N–H and O–H groups in total. The highest BCUT2D eigenvalue weighted by molar-refractivity contribution is 9.10. The molecule has 0 aromatic heterocycles. The van der Waals surface area contributed by atoms with Gasteiger partial charge in [0.25, 0.3) is 11.8 Å². The van der Waals surface area contributed by atoms with Crippen molar-refractivity contribution in [3.63, 3.8) is 0 Å². The van der Waals surface area contributed by atoms with Gasteiger partial charge in [-0.05, 0) is 83.4 Å². The summed E-state index contributed by atoms with van der Waals surface area (Å²) in [5.74, 6) is -0.709. The highest BCUT2D eigenvalue weighted by Crippen LogP contribution is 2.38. The predicted octanol–water partition coefficient (Wildman–Crippen LogP) is 6.41. The lowest BCUT2D eigenvalue weighted by atomic mass is 10.1. The fourth-order valence-electron chi connectivity index (χ4n) is 3.92. The molecule has 1 aliphatic rings. The quantitative estimate of drug-likeness (QED) is 0.153. The Balaban J connectivity index is 1.60. The molecule has 4 rings (SSSR count). The molecule has 0 radical (unpaired) electrons. The molecule has 8 nitrogen and oxygen atoms in total. The smallest absolute Gasteiger partial charge is 0.335 e. The number of halogens is 2. The number of unbranched alkanes of at least 4 members (excludes halogenated alkanes) is 1. The third-order valence-electron chi connectivity index (χ3n) is 5.94. The molecular weight excluding hydrogens is 583 g/mol. The maximum atomic E-state index is 14.1. The number of urea groups is 1. The van der Waals surface area contributed by atoms with Crippen molar-refractivity contribution >= 4 is 45.5 Å². The van der Waals surface area contributed by atoms with Gasteiger partial charge in [-0.25, -0.2) is 14.1 Å². The average molecular weight is 611 g/mol. The van der Waals surface area contributed by atoms with Crippen LogP contribution < -0.4 is 24.4 Å². The average Bonchev–Trinajstić information content (AvgIpc) is 2.92. The predicted molar refractivity (Wildman–Crippen MR) is 152 cm³/mol. The van der Waals surface area contributed by atoms with Crippen LogP contribution in [0.2, 0.25) is 0 Å². The molecule has 3 aromatic rings. The molecule has 0 unspecified atom stereocenters. The van der Waals surface area contributed by atoms with E-state index in [0.717, 1.165) is 17.7 Å². The summed E-state index contributed by atoms with van der Waals surface area (Å²) in [4.78, 5) is 39.5. The summed E-state index contributed by atoms with van der Waals surface area (Å²) in [6.07, 6.45) is 3.27. The lowest BCUT2D eigenvalue weighted by Crippen LogP contribution is -2.54. The Morgan fingerprint density at radius 2 is 1.73 bits per heavy atom. The van der Waals surface area contributed by atoms with Crippen LogP contribution in [0.3, 0.4) is 0 Å². The Morgan fingerprint density at radius 3 is 2.42 bits per heavy atom. The number of carbonyl (C=O) groups excluding carboxylic acids is 3. The highest BCUT2D eigenvalue weighted by atomic mass is 79.9. The lowest BCUT2D eigenvalue weighted by Gasteiger charge is -2.26. The van der Waals surface area contributed by atoms with E-state index in [4.69, 9.17) is 14.2 Å². The summed E-state index contributed by atoms with van der Waals surface area (Å²) >= 11 is 3.45.